The number of benzene rings is 2. The molecule has 0 aliphatic carbocycles. The molecule has 0 spiro atoms. The highest BCUT2D eigenvalue weighted by Gasteiger charge is 2.25. The molecule has 0 fully saturated rings. The van der Waals surface area contributed by atoms with Crippen molar-refractivity contribution >= 4 is 35.6 Å². The van der Waals surface area contributed by atoms with E-state index >= 15 is 0 Å². The fourth-order valence-corrected chi connectivity index (χ4v) is 3.45. The SMILES string of the molecule is CC(C)C(CN=C(N)Nc1ccccc1)N1CCc2ccccc2C1.I. The van der Waals surface area contributed by atoms with Crippen LogP contribution in [0.25, 0.3) is 0 Å². The first kappa shape index (κ1) is 20.7. The Morgan fingerprint density at radius 2 is 1.73 bits per heavy atom. The number of rotatable bonds is 5. The van der Waals surface area contributed by atoms with E-state index in [9.17, 15) is 0 Å². The van der Waals surface area contributed by atoms with E-state index in [-0.39, 0.29) is 24.0 Å². The van der Waals surface area contributed by atoms with Crippen molar-refractivity contribution in [3.8, 4) is 0 Å². The molecule has 140 valence electrons. The van der Waals surface area contributed by atoms with E-state index < -0.39 is 0 Å². The molecule has 2 aromatic carbocycles. The third kappa shape index (κ3) is 5.45. The maximum Gasteiger partial charge on any atom is 0.193 e. The predicted molar refractivity (Wildman–Crippen MR) is 121 cm³/mol. The molecular weight excluding hydrogens is 435 g/mol. The van der Waals surface area contributed by atoms with Crippen molar-refractivity contribution in [2.75, 3.05) is 18.4 Å². The first-order valence-corrected chi connectivity index (χ1v) is 9.06. The summed E-state index contributed by atoms with van der Waals surface area (Å²) in [5.41, 5.74) is 9.97. The molecular formula is C21H29IN4. The van der Waals surface area contributed by atoms with Gasteiger partial charge in [-0.1, -0.05) is 56.3 Å². The third-order valence-corrected chi connectivity index (χ3v) is 4.89. The fourth-order valence-electron chi connectivity index (χ4n) is 3.45. The van der Waals surface area contributed by atoms with Crippen molar-refractivity contribution in [2.24, 2.45) is 16.6 Å². The Morgan fingerprint density at radius 1 is 1.08 bits per heavy atom. The maximum atomic E-state index is 6.08. The second kappa shape index (κ2) is 9.92. The van der Waals surface area contributed by atoms with E-state index in [1.807, 2.05) is 30.3 Å². The van der Waals surface area contributed by atoms with Crippen LogP contribution in [0.1, 0.15) is 25.0 Å². The highest BCUT2D eigenvalue weighted by atomic mass is 127. The topological polar surface area (TPSA) is 53.6 Å². The average molecular weight is 464 g/mol. The minimum atomic E-state index is 0. The molecule has 26 heavy (non-hydrogen) atoms. The normalized spacial score (nSPS) is 15.9. The molecule has 0 radical (unpaired) electrons. The van der Waals surface area contributed by atoms with E-state index in [0.29, 0.717) is 24.5 Å². The quantitative estimate of drug-likeness (QED) is 0.398. The Balaban J connectivity index is 0.00000243. The molecule has 0 aromatic heterocycles. The summed E-state index contributed by atoms with van der Waals surface area (Å²) in [7, 11) is 0. The van der Waals surface area contributed by atoms with Crippen LogP contribution in [0.15, 0.2) is 59.6 Å². The second-order valence-corrected chi connectivity index (χ2v) is 7.02. The lowest BCUT2D eigenvalue weighted by molar-refractivity contribution is 0.145. The van der Waals surface area contributed by atoms with Crippen LogP contribution in [0, 0.1) is 5.92 Å². The molecule has 4 nitrogen and oxygen atoms in total. The summed E-state index contributed by atoms with van der Waals surface area (Å²) in [4.78, 5) is 7.16. The van der Waals surface area contributed by atoms with Crippen LogP contribution in [0.4, 0.5) is 5.69 Å². The largest absolute Gasteiger partial charge is 0.370 e. The number of nitrogens with zero attached hydrogens (tertiary/aromatic N) is 2. The van der Waals surface area contributed by atoms with E-state index in [1.165, 1.54) is 11.1 Å². The fraction of sp³-hybridized carbons (Fsp3) is 0.381. The van der Waals surface area contributed by atoms with Gasteiger partial charge in [0.1, 0.15) is 0 Å². The molecule has 3 rings (SSSR count). The number of para-hydroxylation sites is 1. The van der Waals surface area contributed by atoms with Gasteiger partial charge in [-0.2, -0.15) is 0 Å². The molecule has 0 bridgehead atoms. The van der Waals surface area contributed by atoms with Gasteiger partial charge in [-0.15, -0.1) is 24.0 Å². The zero-order valence-electron chi connectivity index (χ0n) is 15.6. The van der Waals surface area contributed by atoms with Crippen molar-refractivity contribution < 1.29 is 0 Å². The molecule has 1 heterocycles. The Labute approximate surface area is 173 Å². The number of anilines is 1. The number of nitrogens with one attached hydrogen (secondary N) is 1. The van der Waals surface area contributed by atoms with E-state index in [4.69, 9.17) is 5.73 Å². The summed E-state index contributed by atoms with van der Waals surface area (Å²) in [6.07, 6.45) is 1.11. The number of aliphatic imine (C=N–C) groups is 1. The lowest BCUT2D eigenvalue weighted by Crippen LogP contribution is -2.44. The van der Waals surface area contributed by atoms with Crippen molar-refractivity contribution in [1.82, 2.24) is 4.90 Å². The van der Waals surface area contributed by atoms with Crippen molar-refractivity contribution in [3.05, 3.63) is 65.7 Å². The van der Waals surface area contributed by atoms with Crippen LogP contribution < -0.4 is 11.1 Å². The lowest BCUT2D eigenvalue weighted by atomic mass is 9.95. The Bertz CT molecular complexity index is 715. The summed E-state index contributed by atoms with van der Waals surface area (Å²) in [6, 6.07) is 19.1. The number of hydrogen-bond donors (Lipinski definition) is 2. The van der Waals surface area contributed by atoms with Gasteiger partial charge in [0.2, 0.25) is 0 Å². The van der Waals surface area contributed by atoms with Gasteiger partial charge >= 0.3 is 0 Å². The molecule has 0 saturated carbocycles. The molecule has 0 saturated heterocycles. The third-order valence-electron chi connectivity index (χ3n) is 4.89. The van der Waals surface area contributed by atoms with Gasteiger partial charge in [-0.25, -0.2) is 0 Å². The Hall–Kier alpha value is -1.60. The standard InChI is InChI=1S/C21H28N4.HI/c1-16(2)20(14-23-21(22)24-19-10-4-3-5-11-19)25-13-12-17-8-6-7-9-18(17)15-25;/h3-11,16,20H,12-15H2,1-2H3,(H3,22,23,24);1H. The highest BCUT2D eigenvalue weighted by Crippen LogP contribution is 2.23. The van der Waals surface area contributed by atoms with Crippen LogP contribution in [0.3, 0.4) is 0 Å². The summed E-state index contributed by atoms with van der Waals surface area (Å²) in [6.45, 7) is 7.33. The Kier molecular flexibility index (Phi) is 7.90. The lowest BCUT2D eigenvalue weighted by Gasteiger charge is -2.37. The van der Waals surface area contributed by atoms with Gasteiger partial charge in [0.15, 0.2) is 5.96 Å². The molecule has 1 aliphatic rings. The zero-order chi connectivity index (χ0) is 17.6. The first-order valence-electron chi connectivity index (χ1n) is 9.06. The summed E-state index contributed by atoms with van der Waals surface area (Å²) in [5, 5.41) is 3.16. The van der Waals surface area contributed by atoms with Gasteiger partial charge in [0.25, 0.3) is 0 Å². The first-order chi connectivity index (χ1) is 12.1. The van der Waals surface area contributed by atoms with Gasteiger partial charge in [0, 0.05) is 24.8 Å². The maximum absolute atomic E-state index is 6.08. The highest BCUT2D eigenvalue weighted by molar-refractivity contribution is 14.0. The van der Waals surface area contributed by atoms with Crippen molar-refractivity contribution in [2.45, 2.75) is 32.9 Å². The number of nitrogens with two attached hydrogens (primary N) is 1. The monoisotopic (exact) mass is 464 g/mol. The summed E-state index contributed by atoms with van der Waals surface area (Å²) < 4.78 is 0. The van der Waals surface area contributed by atoms with E-state index in [0.717, 1.165) is 25.2 Å². The van der Waals surface area contributed by atoms with Gasteiger partial charge in [-0.3, -0.25) is 9.89 Å². The summed E-state index contributed by atoms with van der Waals surface area (Å²) in [5.74, 6) is 1.01. The van der Waals surface area contributed by atoms with Crippen LogP contribution in [0.5, 0.6) is 0 Å². The number of hydrogen-bond acceptors (Lipinski definition) is 2. The number of guanidine groups is 1. The van der Waals surface area contributed by atoms with E-state index in [2.05, 4.69) is 53.3 Å². The van der Waals surface area contributed by atoms with Crippen LogP contribution in [-0.4, -0.2) is 30.0 Å². The number of halogens is 1. The van der Waals surface area contributed by atoms with Crippen LogP contribution in [-0.2, 0) is 13.0 Å². The van der Waals surface area contributed by atoms with E-state index in [1.54, 1.807) is 0 Å². The van der Waals surface area contributed by atoms with Crippen molar-refractivity contribution in [1.29, 1.82) is 0 Å². The van der Waals surface area contributed by atoms with Crippen molar-refractivity contribution in [3.63, 3.8) is 0 Å². The number of fused-ring (bicyclic) bond motifs is 1. The molecule has 1 atom stereocenters. The summed E-state index contributed by atoms with van der Waals surface area (Å²) >= 11 is 0. The predicted octanol–water partition coefficient (Wildman–Crippen LogP) is 4.11. The molecule has 1 unspecified atom stereocenters. The van der Waals surface area contributed by atoms with Crippen LogP contribution >= 0.6 is 24.0 Å². The van der Waals surface area contributed by atoms with Gasteiger partial charge in [-0.05, 0) is 35.6 Å². The molecule has 5 heteroatoms. The smallest absolute Gasteiger partial charge is 0.193 e. The molecule has 3 N–H and O–H groups in total. The minimum absolute atomic E-state index is 0. The minimum Gasteiger partial charge on any atom is -0.370 e. The van der Waals surface area contributed by atoms with Gasteiger partial charge in [0.05, 0.1) is 6.54 Å². The molecule has 0 amide bonds. The van der Waals surface area contributed by atoms with Crippen LogP contribution in [0.2, 0.25) is 0 Å². The molecule has 1 aliphatic heterocycles. The Morgan fingerprint density at radius 3 is 2.42 bits per heavy atom. The second-order valence-electron chi connectivity index (χ2n) is 7.02. The average Bonchev–Trinajstić information content (AvgIpc) is 2.62. The molecule has 2 aromatic rings. The zero-order valence-corrected chi connectivity index (χ0v) is 17.9. The van der Waals surface area contributed by atoms with Gasteiger partial charge < -0.3 is 11.1 Å².